The van der Waals surface area contributed by atoms with Crippen LogP contribution < -0.4 is 0 Å². The maximum Gasteiger partial charge on any atom is 0.315 e. The number of ether oxygens (including phenoxy) is 1. The van der Waals surface area contributed by atoms with E-state index in [1.54, 1.807) is 6.08 Å². The van der Waals surface area contributed by atoms with Gasteiger partial charge in [-0.2, -0.15) is 0 Å². The van der Waals surface area contributed by atoms with Gasteiger partial charge in [-0.05, 0) is 11.6 Å². The number of thioether (sulfide) groups is 1. The quantitative estimate of drug-likeness (QED) is 0.446. The fourth-order valence-corrected chi connectivity index (χ4v) is 1.71. The van der Waals surface area contributed by atoms with E-state index >= 15 is 0 Å². The Labute approximate surface area is 98.5 Å². The molecule has 84 valence electrons. The van der Waals surface area contributed by atoms with Crippen molar-refractivity contribution >= 4 is 30.1 Å². The normalized spacial score (nSPS) is 10.9. The zero-order valence-electron chi connectivity index (χ0n) is 8.88. The second kappa shape index (κ2) is 6.85. The van der Waals surface area contributed by atoms with E-state index in [1.807, 2.05) is 30.3 Å². The molecule has 4 heteroatoms. The molecule has 0 aromatic heterocycles. The molecule has 0 N–H and O–H groups in total. The van der Waals surface area contributed by atoms with Crippen molar-refractivity contribution < 1.29 is 14.3 Å². The first-order valence-corrected chi connectivity index (χ1v) is 5.66. The van der Waals surface area contributed by atoms with E-state index in [4.69, 9.17) is 0 Å². The summed E-state index contributed by atoms with van der Waals surface area (Å²) in [6, 6.07) is 9.46. The number of methoxy groups -OCH3 is 1. The summed E-state index contributed by atoms with van der Waals surface area (Å²) in [5.41, 5.74) is 0.932. The van der Waals surface area contributed by atoms with Crippen molar-refractivity contribution in [2.75, 3.05) is 12.9 Å². The summed E-state index contributed by atoms with van der Waals surface area (Å²) in [6.07, 6.45) is 2.47. The van der Waals surface area contributed by atoms with Crippen LogP contribution in [0.4, 0.5) is 0 Å². The molecule has 0 aliphatic carbocycles. The molecule has 16 heavy (non-hydrogen) atoms. The lowest BCUT2D eigenvalue weighted by molar-refractivity contribution is -0.137. The first-order valence-electron chi connectivity index (χ1n) is 4.68. The van der Waals surface area contributed by atoms with Gasteiger partial charge in [0.25, 0.3) is 0 Å². The van der Waals surface area contributed by atoms with Gasteiger partial charge in [-0.3, -0.25) is 9.59 Å². The summed E-state index contributed by atoms with van der Waals surface area (Å²) in [6.45, 7) is 0. The van der Waals surface area contributed by atoms with Gasteiger partial charge in [0.05, 0.1) is 12.9 Å². The number of hydrogen-bond acceptors (Lipinski definition) is 4. The van der Waals surface area contributed by atoms with Crippen LogP contribution in [0, 0.1) is 0 Å². The van der Waals surface area contributed by atoms with Crippen LogP contribution in [0.25, 0.3) is 6.08 Å². The Balaban J connectivity index is 2.64. The van der Waals surface area contributed by atoms with Crippen LogP contribution in [0.1, 0.15) is 5.56 Å². The molecule has 0 unspecified atom stereocenters. The summed E-state index contributed by atoms with van der Waals surface area (Å²) in [5, 5.41) is 0. The Kier molecular flexibility index (Phi) is 5.36. The largest absolute Gasteiger partial charge is 0.468 e. The molecule has 0 aliphatic rings. The third kappa shape index (κ3) is 4.31. The number of carbonyl (C=O) groups is 2. The Morgan fingerprint density at radius 1 is 1.38 bits per heavy atom. The molecular weight excluding hydrogens is 224 g/mol. The summed E-state index contributed by atoms with van der Waals surface area (Å²) >= 11 is 1.17. The Bertz CT molecular complexity index is 385. The third-order valence-corrected chi connectivity index (χ3v) is 2.74. The standard InChI is InChI=1S/C12H12O3S/c1-15-12(14)9-16-11(8-13)7-10-5-3-2-4-6-10/h2-8H,9H2,1H3/b11-7-. The second-order valence-corrected chi connectivity index (χ2v) is 3.99. The Hall–Kier alpha value is -1.55. The Morgan fingerprint density at radius 2 is 2.06 bits per heavy atom. The van der Waals surface area contributed by atoms with Crippen LogP contribution in [0.15, 0.2) is 35.2 Å². The minimum atomic E-state index is -0.342. The molecule has 3 nitrogen and oxygen atoms in total. The fourth-order valence-electron chi connectivity index (χ4n) is 1.02. The van der Waals surface area contributed by atoms with E-state index in [-0.39, 0.29) is 11.7 Å². The molecule has 0 saturated carbocycles. The second-order valence-electron chi connectivity index (χ2n) is 2.94. The van der Waals surface area contributed by atoms with Gasteiger partial charge in [-0.15, -0.1) is 11.8 Å². The smallest absolute Gasteiger partial charge is 0.315 e. The lowest BCUT2D eigenvalue weighted by Crippen LogP contribution is -2.03. The number of carbonyl (C=O) groups excluding carboxylic acids is 2. The predicted octanol–water partition coefficient (Wildman–Crippen LogP) is 2.13. The van der Waals surface area contributed by atoms with Crippen molar-refractivity contribution in [2.24, 2.45) is 0 Å². The third-order valence-electron chi connectivity index (χ3n) is 1.81. The molecule has 0 radical (unpaired) electrons. The number of aldehydes is 1. The molecule has 0 aliphatic heterocycles. The predicted molar refractivity (Wildman–Crippen MR) is 65.0 cm³/mol. The number of esters is 1. The summed E-state index contributed by atoms with van der Waals surface area (Å²) < 4.78 is 4.49. The highest BCUT2D eigenvalue weighted by Crippen LogP contribution is 2.17. The van der Waals surface area contributed by atoms with Crippen molar-refractivity contribution in [3.63, 3.8) is 0 Å². The van der Waals surface area contributed by atoms with E-state index in [9.17, 15) is 9.59 Å². The van der Waals surface area contributed by atoms with Crippen molar-refractivity contribution in [3.8, 4) is 0 Å². The number of allylic oxidation sites excluding steroid dienone is 1. The van der Waals surface area contributed by atoms with E-state index in [0.717, 1.165) is 11.8 Å². The van der Waals surface area contributed by atoms with Crippen LogP contribution in [-0.4, -0.2) is 25.1 Å². The molecule has 0 heterocycles. The molecule has 0 amide bonds. The summed E-state index contributed by atoms with van der Waals surface area (Å²) in [4.78, 5) is 22.2. The van der Waals surface area contributed by atoms with Crippen LogP contribution in [0.2, 0.25) is 0 Å². The number of rotatable bonds is 5. The highest BCUT2D eigenvalue weighted by Gasteiger charge is 2.03. The lowest BCUT2D eigenvalue weighted by atomic mass is 10.2. The zero-order chi connectivity index (χ0) is 11.8. The minimum Gasteiger partial charge on any atom is -0.468 e. The van der Waals surface area contributed by atoms with Gasteiger partial charge in [0, 0.05) is 4.91 Å². The van der Waals surface area contributed by atoms with Gasteiger partial charge in [0.2, 0.25) is 0 Å². The Morgan fingerprint density at radius 3 is 2.62 bits per heavy atom. The van der Waals surface area contributed by atoms with Gasteiger partial charge in [-0.1, -0.05) is 30.3 Å². The first kappa shape index (κ1) is 12.5. The van der Waals surface area contributed by atoms with Crippen LogP contribution in [0.3, 0.4) is 0 Å². The van der Waals surface area contributed by atoms with Gasteiger partial charge in [0.15, 0.2) is 6.29 Å². The average molecular weight is 236 g/mol. The molecule has 1 aromatic carbocycles. The van der Waals surface area contributed by atoms with E-state index in [1.165, 1.54) is 18.9 Å². The van der Waals surface area contributed by atoms with Gasteiger partial charge in [-0.25, -0.2) is 0 Å². The maximum absolute atomic E-state index is 10.9. The number of benzene rings is 1. The van der Waals surface area contributed by atoms with Gasteiger partial charge in [0.1, 0.15) is 0 Å². The first-order chi connectivity index (χ1) is 7.76. The van der Waals surface area contributed by atoms with Crippen molar-refractivity contribution in [1.29, 1.82) is 0 Å². The van der Waals surface area contributed by atoms with Crippen LogP contribution in [-0.2, 0) is 14.3 Å². The van der Waals surface area contributed by atoms with Gasteiger partial charge >= 0.3 is 5.97 Å². The molecule has 0 atom stereocenters. The van der Waals surface area contributed by atoms with Crippen LogP contribution in [0.5, 0.6) is 0 Å². The number of hydrogen-bond donors (Lipinski definition) is 0. The molecule has 1 aromatic rings. The molecule has 0 saturated heterocycles. The maximum atomic E-state index is 10.9. The topological polar surface area (TPSA) is 43.4 Å². The van der Waals surface area contributed by atoms with Crippen LogP contribution >= 0.6 is 11.8 Å². The zero-order valence-corrected chi connectivity index (χ0v) is 9.70. The summed E-state index contributed by atoms with van der Waals surface area (Å²) in [5.74, 6) is -0.195. The molecule has 0 spiro atoms. The molecule has 1 rings (SSSR count). The van der Waals surface area contributed by atoms with Crippen molar-refractivity contribution in [3.05, 3.63) is 40.8 Å². The molecule has 0 fully saturated rings. The monoisotopic (exact) mass is 236 g/mol. The lowest BCUT2D eigenvalue weighted by Gasteiger charge is -1.99. The summed E-state index contributed by atoms with van der Waals surface area (Å²) in [7, 11) is 1.32. The molecular formula is C12H12O3S. The molecule has 0 bridgehead atoms. The minimum absolute atomic E-state index is 0.147. The van der Waals surface area contributed by atoms with E-state index < -0.39 is 0 Å². The van der Waals surface area contributed by atoms with Crippen molar-refractivity contribution in [1.82, 2.24) is 0 Å². The van der Waals surface area contributed by atoms with E-state index in [0.29, 0.717) is 4.91 Å². The van der Waals surface area contributed by atoms with Gasteiger partial charge < -0.3 is 4.74 Å². The highest BCUT2D eigenvalue weighted by atomic mass is 32.2. The highest BCUT2D eigenvalue weighted by molar-refractivity contribution is 8.04. The SMILES string of the molecule is COC(=O)CS/C(C=O)=C\c1ccccc1. The average Bonchev–Trinajstić information content (AvgIpc) is 2.35. The van der Waals surface area contributed by atoms with Crippen molar-refractivity contribution in [2.45, 2.75) is 0 Å². The fraction of sp³-hybridized carbons (Fsp3) is 0.167. The van der Waals surface area contributed by atoms with E-state index in [2.05, 4.69) is 4.74 Å².